The van der Waals surface area contributed by atoms with Crippen molar-refractivity contribution >= 4 is 17.4 Å². The summed E-state index contributed by atoms with van der Waals surface area (Å²) >= 11 is 0. The van der Waals surface area contributed by atoms with Gasteiger partial charge in [-0.15, -0.1) is 0 Å². The fourth-order valence-corrected chi connectivity index (χ4v) is 3.43. The lowest BCUT2D eigenvalue weighted by Crippen LogP contribution is -2.38. The molecule has 0 saturated heterocycles. The molecule has 7 heteroatoms. The van der Waals surface area contributed by atoms with Crippen molar-refractivity contribution in [2.45, 2.75) is 31.3 Å². The third-order valence-corrected chi connectivity index (χ3v) is 4.66. The molecule has 0 radical (unpaired) electrons. The summed E-state index contributed by atoms with van der Waals surface area (Å²) in [6.45, 7) is 0. The van der Waals surface area contributed by atoms with Crippen molar-refractivity contribution in [2.75, 3.05) is 5.32 Å². The quantitative estimate of drug-likeness (QED) is 0.740. The van der Waals surface area contributed by atoms with Crippen LogP contribution in [0.2, 0.25) is 0 Å². The number of amides is 1. The van der Waals surface area contributed by atoms with Crippen LogP contribution in [-0.2, 0) is 0 Å². The van der Waals surface area contributed by atoms with E-state index in [4.69, 9.17) is 0 Å². The molecule has 1 fully saturated rings. The largest absolute Gasteiger partial charge is 0.347 e. The molecule has 26 heavy (non-hydrogen) atoms. The van der Waals surface area contributed by atoms with Crippen molar-refractivity contribution in [3.8, 4) is 0 Å². The molecular formula is C19H20N6O. The smallest absolute Gasteiger partial charge is 0.251 e. The van der Waals surface area contributed by atoms with Crippen LogP contribution < -0.4 is 10.6 Å². The second-order valence-electron chi connectivity index (χ2n) is 6.38. The lowest BCUT2D eigenvalue weighted by Gasteiger charge is -2.22. The predicted molar refractivity (Wildman–Crippen MR) is 98.1 cm³/mol. The molecule has 1 amide bonds. The highest BCUT2D eigenvalue weighted by Crippen LogP contribution is 2.30. The Labute approximate surface area is 151 Å². The SMILES string of the molecule is O=C(N[C@@H]1CCC[C@@H]1n1ccnc1)c1cccc(Nc2cnccn2)c1. The number of carbonyl (C=O) groups excluding carboxylic acids is 1. The number of nitrogens with zero attached hydrogens (tertiary/aromatic N) is 4. The van der Waals surface area contributed by atoms with Gasteiger partial charge in [0.15, 0.2) is 0 Å². The number of nitrogens with one attached hydrogen (secondary N) is 2. The summed E-state index contributed by atoms with van der Waals surface area (Å²) in [6.07, 6.45) is 13.6. The van der Waals surface area contributed by atoms with E-state index in [9.17, 15) is 4.79 Å². The van der Waals surface area contributed by atoms with Gasteiger partial charge in [-0.2, -0.15) is 0 Å². The fraction of sp³-hybridized carbons (Fsp3) is 0.263. The molecule has 1 aromatic carbocycles. The van der Waals surface area contributed by atoms with Crippen molar-refractivity contribution in [1.82, 2.24) is 24.8 Å². The normalized spacial score (nSPS) is 19.2. The second kappa shape index (κ2) is 7.35. The summed E-state index contributed by atoms with van der Waals surface area (Å²) in [4.78, 5) is 25.1. The summed E-state index contributed by atoms with van der Waals surface area (Å²) < 4.78 is 2.09. The first-order valence-corrected chi connectivity index (χ1v) is 8.71. The van der Waals surface area contributed by atoms with Gasteiger partial charge in [-0.3, -0.25) is 9.78 Å². The maximum Gasteiger partial charge on any atom is 0.251 e. The number of benzene rings is 1. The molecular weight excluding hydrogens is 328 g/mol. The Morgan fingerprint density at radius 1 is 1.15 bits per heavy atom. The van der Waals surface area contributed by atoms with E-state index >= 15 is 0 Å². The van der Waals surface area contributed by atoms with E-state index in [1.807, 2.05) is 36.8 Å². The number of hydrogen-bond acceptors (Lipinski definition) is 5. The van der Waals surface area contributed by atoms with E-state index in [1.165, 1.54) is 0 Å². The van der Waals surface area contributed by atoms with Crippen molar-refractivity contribution in [3.63, 3.8) is 0 Å². The Hall–Kier alpha value is -3.22. The minimum Gasteiger partial charge on any atom is -0.347 e. The molecule has 1 aliphatic rings. The van der Waals surface area contributed by atoms with E-state index in [2.05, 4.69) is 30.2 Å². The molecule has 2 aromatic heterocycles. The van der Waals surface area contributed by atoms with Crippen LogP contribution in [0.1, 0.15) is 35.7 Å². The van der Waals surface area contributed by atoms with Gasteiger partial charge in [-0.05, 0) is 37.5 Å². The molecule has 2 N–H and O–H groups in total. The van der Waals surface area contributed by atoms with Crippen LogP contribution in [0.25, 0.3) is 0 Å². The first-order chi connectivity index (χ1) is 12.8. The van der Waals surface area contributed by atoms with Gasteiger partial charge >= 0.3 is 0 Å². The van der Waals surface area contributed by atoms with Gasteiger partial charge in [0.25, 0.3) is 5.91 Å². The van der Waals surface area contributed by atoms with Crippen LogP contribution in [0.3, 0.4) is 0 Å². The maximum absolute atomic E-state index is 12.7. The first-order valence-electron chi connectivity index (χ1n) is 8.71. The number of imidazole rings is 1. The second-order valence-corrected chi connectivity index (χ2v) is 6.38. The molecule has 0 unspecified atom stereocenters. The molecule has 3 aromatic rings. The van der Waals surface area contributed by atoms with Gasteiger partial charge in [0, 0.05) is 42.1 Å². The summed E-state index contributed by atoms with van der Waals surface area (Å²) in [5.41, 5.74) is 1.42. The van der Waals surface area contributed by atoms with E-state index in [-0.39, 0.29) is 18.0 Å². The van der Waals surface area contributed by atoms with Gasteiger partial charge in [0.05, 0.1) is 18.6 Å². The fourth-order valence-electron chi connectivity index (χ4n) is 3.43. The number of anilines is 2. The summed E-state index contributed by atoms with van der Waals surface area (Å²) in [5.74, 6) is 0.575. The van der Waals surface area contributed by atoms with Crippen LogP contribution in [0.15, 0.2) is 61.6 Å². The first kappa shape index (κ1) is 16.3. The lowest BCUT2D eigenvalue weighted by molar-refractivity contribution is 0.0929. The zero-order valence-corrected chi connectivity index (χ0v) is 14.2. The van der Waals surface area contributed by atoms with Gasteiger partial charge in [0.2, 0.25) is 0 Å². The average Bonchev–Trinajstić information content (AvgIpc) is 3.34. The highest BCUT2D eigenvalue weighted by Gasteiger charge is 2.29. The Kier molecular flexibility index (Phi) is 4.59. The minimum atomic E-state index is -0.0650. The Morgan fingerprint density at radius 2 is 2.12 bits per heavy atom. The van der Waals surface area contributed by atoms with Crippen LogP contribution in [-0.4, -0.2) is 31.5 Å². The maximum atomic E-state index is 12.7. The molecule has 4 rings (SSSR count). The molecule has 0 bridgehead atoms. The van der Waals surface area contributed by atoms with Crippen molar-refractivity contribution in [2.24, 2.45) is 0 Å². The molecule has 0 aliphatic heterocycles. The van der Waals surface area contributed by atoms with E-state index in [0.29, 0.717) is 11.4 Å². The van der Waals surface area contributed by atoms with E-state index < -0.39 is 0 Å². The molecule has 1 saturated carbocycles. The summed E-state index contributed by atoms with van der Waals surface area (Å²) in [7, 11) is 0. The number of aromatic nitrogens is 4. The van der Waals surface area contributed by atoms with Crippen LogP contribution in [0.4, 0.5) is 11.5 Å². The third-order valence-electron chi connectivity index (χ3n) is 4.66. The predicted octanol–water partition coefficient (Wildman–Crippen LogP) is 2.94. The van der Waals surface area contributed by atoms with Crippen molar-refractivity contribution in [1.29, 1.82) is 0 Å². The Balaban J connectivity index is 1.45. The standard InChI is InChI=1S/C19H20N6O/c26-19(24-16-5-2-6-17(16)25-10-9-21-13-25)14-3-1-4-15(11-14)23-18-12-20-7-8-22-18/h1,3-4,7-13,16-17H,2,5-6H2,(H,22,23)(H,24,26)/t16-,17+/m1/s1. The third kappa shape index (κ3) is 3.56. The average molecular weight is 348 g/mol. The summed E-state index contributed by atoms with van der Waals surface area (Å²) in [5, 5.41) is 6.34. The van der Waals surface area contributed by atoms with Crippen LogP contribution >= 0.6 is 0 Å². The van der Waals surface area contributed by atoms with Crippen LogP contribution in [0, 0.1) is 0 Å². The zero-order chi connectivity index (χ0) is 17.8. The van der Waals surface area contributed by atoms with E-state index in [1.54, 1.807) is 24.8 Å². The minimum absolute atomic E-state index is 0.0650. The molecule has 1 aliphatic carbocycles. The zero-order valence-electron chi connectivity index (χ0n) is 14.2. The van der Waals surface area contributed by atoms with Crippen molar-refractivity contribution < 1.29 is 4.79 Å². The molecule has 132 valence electrons. The van der Waals surface area contributed by atoms with Crippen LogP contribution in [0.5, 0.6) is 0 Å². The monoisotopic (exact) mass is 348 g/mol. The molecule has 0 spiro atoms. The molecule has 2 atom stereocenters. The van der Waals surface area contributed by atoms with Gasteiger partial charge in [-0.1, -0.05) is 6.07 Å². The Morgan fingerprint density at radius 3 is 2.92 bits per heavy atom. The number of rotatable bonds is 5. The number of carbonyl (C=O) groups is 1. The van der Waals surface area contributed by atoms with Gasteiger partial charge < -0.3 is 15.2 Å². The van der Waals surface area contributed by atoms with Gasteiger partial charge in [-0.25, -0.2) is 9.97 Å². The van der Waals surface area contributed by atoms with Crippen molar-refractivity contribution in [3.05, 3.63) is 67.1 Å². The molecule has 2 heterocycles. The Bertz CT molecular complexity index is 865. The highest BCUT2D eigenvalue weighted by molar-refractivity contribution is 5.95. The number of hydrogen-bond donors (Lipinski definition) is 2. The summed E-state index contributed by atoms with van der Waals surface area (Å²) in [6, 6.07) is 7.78. The molecule has 7 nitrogen and oxygen atoms in total. The highest BCUT2D eigenvalue weighted by atomic mass is 16.1. The van der Waals surface area contributed by atoms with Gasteiger partial charge in [0.1, 0.15) is 5.82 Å². The topological polar surface area (TPSA) is 84.7 Å². The van der Waals surface area contributed by atoms with E-state index in [0.717, 1.165) is 24.9 Å². The lowest BCUT2D eigenvalue weighted by atomic mass is 10.1.